The van der Waals surface area contributed by atoms with Gasteiger partial charge in [0.15, 0.2) is 27.3 Å². The fraction of sp³-hybridized carbons (Fsp3) is 0.435. The lowest BCUT2D eigenvalue weighted by Gasteiger charge is -2.13. The molecule has 0 amide bonds. The molecular formula is C23H34IN3O4S. The van der Waals surface area contributed by atoms with Gasteiger partial charge >= 0.3 is 0 Å². The number of benzene rings is 2. The van der Waals surface area contributed by atoms with Crippen LogP contribution in [0.2, 0.25) is 0 Å². The molecule has 0 aliphatic carbocycles. The number of aliphatic imine (C=N–C) groups is 1. The molecule has 0 saturated heterocycles. The van der Waals surface area contributed by atoms with Crippen LogP contribution in [0.5, 0.6) is 11.5 Å². The molecule has 0 unspecified atom stereocenters. The molecule has 2 rings (SSSR count). The average molecular weight is 576 g/mol. The van der Waals surface area contributed by atoms with E-state index in [9.17, 15) is 8.42 Å². The highest BCUT2D eigenvalue weighted by Gasteiger charge is 2.07. The van der Waals surface area contributed by atoms with Crippen molar-refractivity contribution in [3.05, 3.63) is 53.6 Å². The first-order valence-electron chi connectivity index (χ1n) is 10.5. The van der Waals surface area contributed by atoms with Crippen molar-refractivity contribution in [2.75, 3.05) is 33.1 Å². The number of ether oxygens (including phenoxy) is 2. The zero-order valence-corrected chi connectivity index (χ0v) is 22.3. The quantitative estimate of drug-likeness (QED) is 0.184. The number of nitrogens with zero attached hydrogens (tertiary/aromatic N) is 1. The van der Waals surface area contributed by atoms with Gasteiger partial charge in [0.2, 0.25) is 0 Å². The summed E-state index contributed by atoms with van der Waals surface area (Å²) in [6.07, 6.45) is 3.05. The molecule has 2 aromatic rings. The molecule has 0 atom stereocenters. The summed E-state index contributed by atoms with van der Waals surface area (Å²) in [5.74, 6) is 2.25. The lowest BCUT2D eigenvalue weighted by atomic mass is 10.1. The Balaban J connectivity index is 0.00000512. The first-order chi connectivity index (χ1) is 14.9. The lowest BCUT2D eigenvalue weighted by Crippen LogP contribution is -2.37. The Kier molecular flexibility index (Phi) is 12.4. The normalized spacial score (nSPS) is 11.4. The van der Waals surface area contributed by atoms with Crippen molar-refractivity contribution in [2.24, 2.45) is 4.99 Å². The van der Waals surface area contributed by atoms with Crippen LogP contribution >= 0.6 is 24.0 Å². The van der Waals surface area contributed by atoms with Crippen molar-refractivity contribution in [3.63, 3.8) is 0 Å². The van der Waals surface area contributed by atoms with Crippen molar-refractivity contribution in [2.45, 2.75) is 38.1 Å². The van der Waals surface area contributed by atoms with Crippen molar-refractivity contribution in [3.8, 4) is 11.5 Å². The van der Waals surface area contributed by atoms with Gasteiger partial charge in [-0.05, 0) is 62.1 Å². The predicted octanol–water partition coefficient (Wildman–Crippen LogP) is 3.80. The minimum atomic E-state index is -3.18. The monoisotopic (exact) mass is 575 g/mol. The highest BCUT2D eigenvalue weighted by Crippen LogP contribution is 2.28. The van der Waals surface area contributed by atoms with E-state index >= 15 is 0 Å². The van der Waals surface area contributed by atoms with E-state index in [0.29, 0.717) is 18.0 Å². The Morgan fingerprint density at radius 1 is 1.00 bits per heavy atom. The van der Waals surface area contributed by atoms with Gasteiger partial charge in [0.05, 0.1) is 25.2 Å². The average Bonchev–Trinajstić information content (AvgIpc) is 2.75. The van der Waals surface area contributed by atoms with Crippen LogP contribution in [0, 0.1) is 0 Å². The summed E-state index contributed by atoms with van der Waals surface area (Å²) in [5, 5.41) is 6.58. The Bertz CT molecular complexity index is 964. The molecule has 0 spiro atoms. The van der Waals surface area contributed by atoms with Gasteiger partial charge in [-0.15, -0.1) is 24.0 Å². The van der Waals surface area contributed by atoms with Crippen LogP contribution in [0.25, 0.3) is 0 Å². The molecule has 0 heterocycles. The molecule has 9 heteroatoms. The molecule has 178 valence electrons. The molecule has 0 aromatic heterocycles. The molecule has 32 heavy (non-hydrogen) atoms. The van der Waals surface area contributed by atoms with Gasteiger partial charge in [-0.2, -0.15) is 0 Å². The molecule has 0 aliphatic heterocycles. The summed E-state index contributed by atoms with van der Waals surface area (Å²) in [5.41, 5.74) is 2.14. The Hall–Kier alpha value is -2.01. The largest absolute Gasteiger partial charge is 0.493 e. The van der Waals surface area contributed by atoms with E-state index in [1.54, 1.807) is 31.4 Å². The zero-order valence-electron chi connectivity index (χ0n) is 19.2. The second-order valence-corrected chi connectivity index (χ2v) is 9.08. The van der Waals surface area contributed by atoms with Crippen molar-refractivity contribution >= 4 is 39.8 Å². The first kappa shape index (κ1) is 28.0. The molecular weight excluding hydrogens is 541 g/mol. The van der Waals surface area contributed by atoms with E-state index in [1.807, 2.05) is 26.0 Å². The Morgan fingerprint density at radius 3 is 2.28 bits per heavy atom. The maximum absolute atomic E-state index is 11.6. The van der Waals surface area contributed by atoms with Crippen LogP contribution in [0.3, 0.4) is 0 Å². The van der Waals surface area contributed by atoms with Gasteiger partial charge in [0.1, 0.15) is 0 Å². The number of halogens is 1. The van der Waals surface area contributed by atoms with Crippen LogP contribution in [0.4, 0.5) is 0 Å². The van der Waals surface area contributed by atoms with Crippen molar-refractivity contribution in [1.82, 2.24) is 10.6 Å². The summed E-state index contributed by atoms with van der Waals surface area (Å²) >= 11 is 0. The van der Waals surface area contributed by atoms with Crippen LogP contribution in [-0.2, 0) is 22.8 Å². The molecule has 2 aromatic carbocycles. The Morgan fingerprint density at radius 2 is 1.69 bits per heavy atom. The SMILES string of the molecule is CCNC(=NCc1ccc(S(C)(=O)=O)cc1)NCCCc1ccc(OC)c(OCC)c1.I. The van der Waals surface area contributed by atoms with Gasteiger partial charge in [-0.3, -0.25) is 0 Å². The standard InChI is InChI=1S/C23H33N3O4S.HI/c1-5-24-23(26-17-19-9-12-20(13-10-19)31(4,27)28)25-15-7-8-18-11-14-21(29-3)22(16-18)30-6-2;/h9-14,16H,5-8,15,17H2,1-4H3,(H2,24,25,26);1H. The van der Waals surface area contributed by atoms with Crippen LogP contribution in [0.15, 0.2) is 52.4 Å². The maximum atomic E-state index is 11.6. The minimum Gasteiger partial charge on any atom is -0.493 e. The number of hydrogen-bond acceptors (Lipinski definition) is 5. The van der Waals surface area contributed by atoms with Gasteiger partial charge in [0.25, 0.3) is 0 Å². The molecule has 7 nitrogen and oxygen atoms in total. The number of sulfone groups is 1. The van der Waals surface area contributed by atoms with E-state index in [2.05, 4.69) is 21.7 Å². The smallest absolute Gasteiger partial charge is 0.191 e. The van der Waals surface area contributed by atoms with Crippen molar-refractivity contribution < 1.29 is 17.9 Å². The summed E-state index contributed by atoms with van der Waals surface area (Å²) in [7, 11) is -1.54. The van der Waals surface area contributed by atoms with Gasteiger partial charge in [-0.25, -0.2) is 13.4 Å². The van der Waals surface area contributed by atoms with E-state index in [0.717, 1.165) is 49.0 Å². The number of hydrogen-bond donors (Lipinski definition) is 2. The molecule has 2 N–H and O–H groups in total. The second kappa shape index (κ2) is 14.2. The number of nitrogens with one attached hydrogen (secondary N) is 2. The highest BCUT2D eigenvalue weighted by molar-refractivity contribution is 14.0. The molecule has 0 bridgehead atoms. The molecule has 0 fully saturated rings. The third kappa shape index (κ3) is 9.23. The third-order valence-corrected chi connectivity index (χ3v) is 5.71. The minimum absolute atomic E-state index is 0. The van der Waals surface area contributed by atoms with Crippen LogP contribution in [0.1, 0.15) is 31.4 Å². The predicted molar refractivity (Wildman–Crippen MR) is 140 cm³/mol. The maximum Gasteiger partial charge on any atom is 0.191 e. The zero-order chi connectivity index (χ0) is 22.7. The number of methoxy groups -OCH3 is 1. The first-order valence-corrected chi connectivity index (χ1v) is 12.4. The second-order valence-electron chi connectivity index (χ2n) is 7.06. The third-order valence-electron chi connectivity index (χ3n) is 4.58. The summed E-state index contributed by atoms with van der Waals surface area (Å²) in [4.78, 5) is 4.91. The van der Waals surface area contributed by atoms with E-state index in [1.165, 1.54) is 11.8 Å². The van der Waals surface area contributed by atoms with Crippen molar-refractivity contribution in [1.29, 1.82) is 0 Å². The van der Waals surface area contributed by atoms with E-state index in [-0.39, 0.29) is 24.0 Å². The van der Waals surface area contributed by atoms with Gasteiger partial charge in [0, 0.05) is 19.3 Å². The van der Waals surface area contributed by atoms with Crippen LogP contribution in [-0.4, -0.2) is 47.4 Å². The van der Waals surface area contributed by atoms with Gasteiger partial charge < -0.3 is 20.1 Å². The lowest BCUT2D eigenvalue weighted by molar-refractivity contribution is 0.310. The van der Waals surface area contributed by atoms with Gasteiger partial charge in [-0.1, -0.05) is 18.2 Å². The topological polar surface area (TPSA) is 89.0 Å². The molecule has 0 saturated carbocycles. The fourth-order valence-electron chi connectivity index (χ4n) is 3.00. The summed E-state index contributed by atoms with van der Waals surface area (Å²) in [6.45, 7) is 6.57. The number of aryl methyl sites for hydroxylation is 1. The molecule has 0 radical (unpaired) electrons. The van der Waals surface area contributed by atoms with Crippen LogP contribution < -0.4 is 20.1 Å². The number of guanidine groups is 1. The Labute approximate surface area is 208 Å². The fourth-order valence-corrected chi connectivity index (χ4v) is 3.63. The highest BCUT2D eigenvalue weighted by atomic mass is 127. The number of rotatable bonds is 11. The van der Waals surface area contributed by atoms with E-state index < -0.39 is 9.84 Å². The summed E-state index contributed by atoms with van der Waals surface area (Å²) < 4.78 is 34.1. The molecule has 0 aliphatic rings. The van der Waals surface area contributed by atoms with E-state index in [4.69, 9.17) is 9.47 Å². The summed E-state index contributed by atoms with van der Waals surface area (Å²) in [6, 6.07) is 12.8.